The summed E-state index contributed by atoms with van der Waals surface area (Å²) in [5, 5.41) is 6.17. The molecular weight excluding hydrogens is 367 g/mol. The smallest absolute Gasteiger partial charge is 0.267 e. The Labute approximate surface area is 158 Å². The van der Waals surface area contributed by atoms with Gasteiger partial charge in [0.05, 0.1) is 10.7 Å². The third-order valence-corrected chi connectivity index (χ3v) is 5.14. The van der Waals surface area contributed by atoms with E-state index in [1.807, 2.05) is 24.6 Å². The summed E-state index contributed by atoms with van der Waals surface area (Å²) in [6, 6.07) is 2.06. The molecule has 2 unspecified atom stereocenters. The molecule has 2 atom stereocenters. The summed E-state index contributed by atoms with van der Waals surface area (Å²) in [5.74, 6) is 0.344. The van der Waals surface area contributed by atoms with E-state index in [1.54, 1.807) is 11.3 Å². The van der Waals surface area contributed by atoms with Crippen molar-refractivity contribution >= 4 is 42.1 Å². The van der Waals surface area contributed by atoms with Crippen molar-refractivity contribution in [2.24, 2.45) is 11.7 Å². The van der Waals surface area contributed by atoms with Crippen LogP contribution in [0.25, 0.3) is 11.3 Å². The first-order chi connectivity index (χ1) is 10.7. The van der Waals surface area contributed by atoms with Gasteiger partial charge in [0.1, 0.15) is 5.69 Å². The highest BCUT2D eigenvalue weighted by molar-refractivity contribution is 7.09. The minimum absolute atomic E-state index is 0. The molecule has 2 aromatic heterocycles. The number of hydrogen-bond acceptors (Lipinski definition) is 4. The average Bonchev–Trinajstić information content (AvgIpc) is 3.16. The molecular formula is C16H24Cl2N4OS. The lowest BCUT2D eigenvalue weighted by Gasteiger charge is -2.31. The topological polar surface area (TPSA) is 83.8 Å². The van der Waals surface area contributed by atoms with Gasteiger partial charge in [-0.1, -0.05) is 12.8 Å². The SMILES string of the molecule is Cc1nc(-c2c[nH]c(C(=O)NC3CCCCC3CN)c2)cs1.Cl.Cl. The minimum Gasteiger partial charge on any atom is -0.357 e. The van der Waals surface area contributed by atoms with Gasteiger partial charge >= 0.3 is 0 Å². The van der Waals surface area contributed by atoms with Crippen molar-refractivity contribution in [1.29, 1.82) is 0 Å². The molecule has 0 saturated heterocycles. The van der Waals surface area contributed by atoms with E-state index in [0.29, 0.717) is 18.2 Å². The zero-order chi connectivity index (χ0) is 15.5. The van der Waals surface area contributed by atoms with Crippen molar-refractivity contribution in [1.82, 2.24) is 15.3 Å². The monoisotopic (exact) mass is 390 g/mol. The second-order valence-electron chi connectivity index (χ2n) is 5.91. The lowest BCUT2D eigenvalue weighted by Crippen LogP contribution is -2.44. The summed E-state index contributed by atoms with van der Waals surface area (Å²) in [6.07, 6.45) is 6.34. The molecule has 24 heavy (non-hydrogen) atoms. The van der Waals surface area contributed by atoms with Gasteiger partial charge in [-0.25, -0.2) is 4.98 Å². The lowest BCUT2D eigenvalue weighted by molar-refractivity contribution is 0.0903. The molecule has 4 N–H and O–H groups in total. The van der Waals surface area contributed by atoms with Gasteiger partial charge in [0, 0.05) is 23.2 Å². The van der Waals surface area contributed by atoms with Crippen molar-refractivity contribution in [3.05, 3.63) is 28.3 Å². The first-order valence-electron chi connectivity index (χ1n) is 7.79. The van der Waals surface area contributed by atoms with Crippen LogP contribution in [-0.4, -0.2) is 28.5 Å². The van der Waals surface area contributed by atoms with Crippen molar-refractivity contribution in [2.45, 2.75) is 38.6 Å². The number of carbonyl (C=O) groups is 1. The molecule has 1 aliphatic rings. The van der Waals surface area contributed by atoms with Crippen LogP contribution in [0, 0.1) is 12.8 Å². The van der Waals surface area contributed by atoms with Crippen LogP contribution in [0.2, 0.25) is 0 Å². The van der Waals surface area contributed by atoms with Crippen LogP contribution in [0.3, 0.4) is 0 Å². The van der Waals surface area contributed by atoms with Gasteiger partial charge < -0.3 is 16.0 Å². The number of nitrogens with one attached hydrogen (secondary N) is 2. The standard InChI is InChI=1S/C16H22N4OS.2ClH/c1-10-19-15(9-22-10)12-6-14(18-8-12)16(21)20-13-5-3-2-4-11(13)7-17;;/h6,8-9,11,13,18H,2-5,7,17H2,1H3,(H,20,21);2*1H. The van der Waals surface area contributed by atoms with Crippen LogP contribution < -0.4 is 11.1 Å². The van der Waals surface area contributed by atoms with Crippen LogP contribution in [0.5, 0.6) is 0 Å². The van der Waals surface area contributed by atoms with E-state index in [1.165, 1.54) is 6.42 Å². The van der Waals surface area contributed by atoms with Crippen LogP contribution in [0.4, 0.5) is 0 Å². The number of rotatable bonds is 4. The fourth-order valence-corrected chi connectivity index (χ4v) is 3.72. The van der Waals surface area contributed by atoms with Crippen LogP contribution >= 0.6 is 36.2 Å². The zero-order valence-corrected chi connectivity index (χ0v) is 16.0. The first-order valence-corrected chi connectivity index (χ1v) is 8.67. The number of H-pyrrole nitrogens is 1. The van der Waals surface area contributed by atoms with Gasteiger partial charge in [0.25, 0.3) is 5.91 Å². The molecule has 134 valence electrons. The van der Waals surface area contributed by atoms with Gasteiger partial charge in [0.15, 0.2) is 0 Å². The Morgan fingerprint density at radius 1 is 1.42 bits per heavy atom. The molecule has 0 bridgehead atoms. The summed E-state index contributed by atoms with van der Waals surface area (Å²) in [6.45, 7) is 2.61. The third kappa shape index (κ3) is 4.72. The Bertz CT molecular complexity index is 658. The maximum absolute atomic E-state index is 12.4. The largest absolute Gasteiger partial charge is 0.357 e. The number of aryl methyl sites for hydroxylation is 1. The number of thiazole rings is 1. The Morgan fingerprint density at radius 2 is 2.17 bits per heavy atom. The van der Waals surface area contributed by atoms with Gasteiger partial charge in [0.2, 0.25) is 0 Å². The number of aromatic nitrogens is 2. The molecule has 1 saturated carbocycles. The number of amides is 1. The summed E-state index contributed by atoms with van der Waals surface area (Å²) in [7, 11) is 0. The van der Waals surface area contributed by atoms with Crippen LogP contribution in [-0.2, 0) is 0 Å². The molecule has 8 heteroatoms. The highest BCUT2D eigenvalue weighted by Crippen LogP contribution is 2.25. The average molecular weight is 391 g/mol. The van der Waals surface area contributed by atoms with E-state index < -0.39 is 0 Å². The number of hydrogen-bond donors (Lipinski definition) is 3. The minimum atomic E-state index is -0.0523. The van der Waals surface area contributed by atoms with E-state index in [0.717, 1.165) is 35.5 Å². The molecule has 0 spiro atoms. The Balaban J connectivity index is 0.00000144. The Morgan fingerprint density at radius 3 is 2.83 bits per heavy atom. The number of nitrogens with zero attached hydrogens (tertiary/aromatic N) is 1. The first kappa shape index (κ1) is 21.0. The van der Waals surface area contributed by atoms with Crippen molar-refractivity contribution in [3.63, 3.8) is 0 Å². The highest BCUT2D eigenvalue weighted by Gasteiger charge is 2.26. The molecule has 1 amide bonds. The van der Waals surface area contributed by atoms with E-state index in [9.17, 15) is 4.79 Å². The van der Waals surface area contributed by atoms with Crippen molar-refractivity contribution in [3.8, 4) is 11.3 Å². The summed E-state index contributed by atoms with van der Waals surface area (Å²) < 4.78 is 0. The quantitative estimate of drug-likeness (QED) is 0.746. The van der Waals surface area contributed by atoms with Crippen molar-refractivity contribution < 1.29 is 4.79 Å². The second kappa shape index (κ2) is 9.42. The highest BCUT2D eigenvalue weighted by atomic mass is 35.5. The summed E-state index contributed by atoms with van der Waals surface area (Å²) in [4.78, 5) is 19.9. The zero-order valence-electron chi connectivity index (χ0n) is 13.6. The number of nitrogens with two attached hydrogens (primary N) is 1. The second-order valence-corrected chi connectivity index (χ2v) is 6.98. The molecule has 0 aromatic carbocycles. The Kier molecular flexibility index (Phi) is 8.22. The number of carbonyl (C=O) groups excluding carboxylic acids is 1. The lowest BCUT2D eigenvalue weighted by atomic mass is 9.84. The van der Waals surface area contributed by atoms with Crippen LogP contribution in [0.15, 0.2) is 17.6 Å². The molecule has 1 aliphatic carbocycles. The Hall–Kier alpha value is -1.08. The van der Waals surface area contributed by atoms with E-state index in [2.05, 4.69) is 15.3 Å². The molecule has 2 aromatic rings. The number of aromatic amines is 1. The fourth-order valence-electron chi connectivity index (χ4n) is 3.10. The van der Waals surface area contributed by atoms with E-state index in [-0.39, 0.29) is 36.8 Å². The van der Waals surface area contributed by atoms with E-state index in [4.69, 9.17) is 5.73 Å². The van der Waals surface area contributed by atoms with Gasteiger partial charge in [-0.05, 0) is 38.3 Å². The maximum atomic E-state index is 12.4. The van der Waals surface area contributed by atoms with E-state index >= 15 is 0 Å². The maximum Gasteiger partial charge on any atom is 0.267 e. The molecule has 3 rings (SSSR count). The molecule has 1 fully saturated rings. The molecule has 0 radical (unpaired) electrons. The predicted molar refractivity (Wildman–Crippen MR) is 103 cm³/mol. The molecule has 0 aliphatic heterocycles. The third-order valence-electron chi connectivity index (χ3n) is 4.37. The van der Waals surface area contributed by atoms with Gasteiger partial charge in [-0.15, -0.1) is 36.2 Å². The predicted octanol–water partition coefficient (Wildman–Crippen LogP) is 3.54. The van der Waals surface area contributed by atoms with Crippen molar-refractivity contribution in [2.75, 3.05) is 6.54 Å². The molecule has 2 heterocycles. The normalized spacial score (nSPS) is 19.9. The van der Waals surface area contributed by atoms with Crippen LogP contribution in [0.1, 0.15) is 41.2 Å². The summed E-state index contributed by atoms with van der Waals surface area (Å²) in [5.41, 5.74) is 8.27. The molecule has 5 nitrogen and oxygen atoms in total. The summed E-state index contributed by atoms with van der Waals surface area (Å²) >= 11 is 1.61. The number of halogens is 2. The van der Waals surface area contributed by atoms with Gasteiger partial charge in [-0.3, -0.25) is 4.79 Å². The van der Waals surface area contributed by atoms with Gasteiger partial charge in [-0.2, -0.15) is 0 Å². The fraction of sp³-hybridized carbons (Fsp3) is 0.500.